The summed E-state index contributed by atoms with van der Waals surface area (Å²) in [6.45, 7) is 2.35. The second kappa shape index (κ2) is 9.15. The van der Waals surface area contributed by atoms with Crippen LogP contribution in [-0.4, -0.2) is 24.2 Å². The Balaban J connectivity index is 1.87. The van der Waals surface area contributed by atoms with Crippen molar-refractivity contribution in [3.8, 4) is 17.4 Å². The van der Waals surface area contributed by atoms with E-state index >= 15 is 0 Å². The van der Waals surface area contributed by atoms with Crippen LogP contribution in [0.25, 0.3) is 0 Å². The van der Waals surface area contributed by atoms with Crippen molar-refractivity contribution in [3.63, 3.8) is 0 Å². The van der Waals surface area contributed by atoms with E-state index in [1.807, 2.05) is 0 Å². The van der Waals surface area contributed by atoms with Gasteiger partial charge in [0.05, 0.1) is 11.6 Å². The first-order chi connectivity index (χ1) is 11.6. The van der Waals surface area contributed by atoms with Gasteiger partial charge in [0.15, 0.2) is 0 Å². The summed E-state index contributed by atoms with van der Waals surface area (Å²) in [6, 6.07) is 8.46. The van der Waals surface area contributed by atoms with Gasteiger partial charge in [0, 0.05) is 12.3 Å². The largest absolute Gasteiger partial charge is 0.490 e. The highest BCUT2D eigenvalue weighted by Crippen LogP contribution is 2.29. The van der Waals surface area contributed by atoms with Crippen LogP contribution in [0.15, 0.2) is 48.7 Å². The maximum atomic E-state index is 11.1. The molecule has 0 unspecified atom stereocenters. The Labute approximate surface area is 149 Å². The number of ether oxygens (including phenoxy) is 3. The average Bonchev–Trinajstić information content (AvgIpc) is 2.56. The van der Waals surface area contributed by atoms with Gasteiger partial charge >= 0.3 is 5.97 Å². The quantitative estimate of drug-likeness (QED) is 0.525. The van der Waals surface area contributed by atoms with Crippen LogP contribution >= 0.6 is 23.2 Å². The topological polar surface area (TPSA) is 57.7 Å². The predicted octanol–water partition coefficient (Wildman–Crippen LogP) is 4.68. The molecule has 1 aromatic carbocycles. The minimum absolute atomic E-state index is 0.254. The number of carbonyl (C=O) groups is 1. The summed E-state index contributed by atoms with van der Waals surface area (Å²) < 4.78 is 15.8. The number of benzene rings is 1. The van der Waals surface area contributed by atoms with E-state index in [0.29, 0.717) is 28.2 Å². The molecule has 2 aromatic rings. The Bertz CT molecular complexity index is 717. The molecule has 0 aliphatic carbocycles. The maximum absolute atomic E-state index is 11.1. The van der Waals surface area contributed by atoms with Gasteiger partial charge in [0.2, 0.25) is 5.88 Å². The number of esters is 1. The smallest absolute Gasteiger partial charge is 0.330 e. The van der Waals surface area contributed by atoms with E-state index in [9.17, 15) is 4.79 Å². The number of rotatable bonds is 7. The number of halogens is 2. The lowest BCUT2D eigenvalue weighted by Gasteiger charge is -2.08. The van der Waals surface area contributed by atoms with Crippen LogP contribution in [0.2, 0.25) is 10.0 Å². The molecule has 1 heterocycles. The minimum Gasteiger partial charge on any atom is -0.490 e. The molecule has 0 saturated heterocycles. The Hall–Kier alpha value is -2.24. The predicted molar refractivity (Wildman–Crippen MR) is 92.0 cm³/mol. The van der Waals surface area contributed by atoms with Crippen molar-refractivity contribution >= 4 is 29.2 Å². The Kier molecular flexibility index (Phi) is 6.90. The molecule has 0 fully saturated rings. The number of carbonyl (C=O) groups excluding carboxylic acids is 1. The average molecular weight is 368 g/mol. The second-order valence-electron chi connectivity index (χ2n) is 4.48. The van der Waals surface area contributed by atoms with Crippen LogP contribution in [0.3, 0.4) is 0 Å². The van der Waals surface area contributed by atoms with Crippen molar-refractivity contribution in [2.24, 2.45) is 0 Å². The highest BCUT2D eigenvalue weighted by Gasteiger charge is 2.06. The fourth-order valence-corrected chi connectivity index (χ4v) is 2.09. The lowest BCUT2D eigenvalue weighted by molar-refractivity contribution is -0.137. The fourth-order valence-electron chi connectivity index (χ4n) is 1.67. The Morgan fingerprint density at radius 2 is 1.92 bits per heavy atom. The summed E-state index contributed by atoms with van der Waals surface area (Å²) in [4.78, 5) is 15.1. The maximum Gasteiger partial charge on any atom is 0.330 e. The first kappa shape index (κ1) is 18.1. The molecular formula is C17H15Cl2NO4. The van der Waals surface area contributed by atoms with Crippen LogP contribution < -0.4 is 9.47 Å². The lowest BCUT2D eigenvalue weighted by atomic mass is 10.3. The third-order valence-electron chi connectivity index (χ3n) is 2.70. The molecule has 0 radical (unpaired) electrons. The van der Waals surface area contributed by atoms with Crippen LogP contribution in [0, 0.1) is 0 Å². The van der Waals surface area contributed by atoms with E-state index < -0.39 is 5.97 Å². The number of hydrogen-bond acceptors (Lipinski definition) is 5. The second-order valence-corrected chi connectivity index (χ2v) is 5.32. The van der Waals surface area contributed by atoms with Crippen LogP contribution in [0.5, 0.6) is 17.4 Å². The van der Waals surface area contributed by atoms with Gasteiger partial charge in [-0.2, -0.15) is 0 Å². The molecule has 0 aliphatic heterocycles. The number of hydrogen-bond donors (Lipinski definition) is 0. The minimum atomic E-state index is -0.391. The van der Waals surface area contributed by atoms with Gasteiger partial charge in [0.25, 0.3) is 0 Å². The first-order valence-electron chi connectivity index (χ1n) is 7.13. The fraction of sp³-hybridized carbons (Fsp3) is 0.176. The van der Waals surface area contributed by atoms with Crippen molar-refractivity contribution in [1.29, 1.82) is 0 Å². The van der Waals surface area contributed by atoms with E-state index in [-0.39, 0.29) is 12.5 Å². The highest BCUT2D eigenvalue weighted by molar-refractivity contribution is 6.35. The van der Waals surface area contributed by atoms with Gasteiger partial charge in [-0.05, 0) is 43.3 Å². The highest BCUT2D eigenvalue weighted by atomic mass is 35.5. The van der Waals surface area contributed by atoms with Gasteiger partial charge in [0.1, 0.15) is 23.1 Å². The summed E-state index contributed by atoms with van der Waals surface area (Å²) in [7, 11) is 0. The summed E-state index contributed by atoms with van der Waals surface area (Å²) >= 11 is 11.8. The molecule has 5 nitrogen and oxygen atoms in total. The van der Waals surface area contributed by atoms with E-state index in [0.717, 1.165) is 0 Å². The Morgan fingerprint density at radius 1 is 1.21 bits per heavy atom. The molecule has 0 bridgehead atoms. The molecule has 1 aromatic heterocycles. The van der Waals surface area contributed by atoms with Crippen molar-refractivity contribution in [2.75, 3.05) is 13.2 Å². The van der Waals surface area contributed by atoms with Gasteiger partial charge in [-0.3, -0.25) is 0 Å². The molecule has 0 spiro atoms. The third kappa shape index (κ3) is 5.76. The number of aromatic nitrogens is 1. The van der Waals surface area contributed by atoms with E-state index in [4.69, 9.17) is 37.4 Å². The zero-order chi connectivity index (χ0) is 17.4. The van der Waals surface area contributed by atoms with Crippen molar-refractivity contribution in [3.05, 3.63) is 58.7 Å². The van der Waals surface area contributed by atoms with Crippen LogP contribution in [-0.2, 0) is 9.53 Å². The molecule has 7 heteroatoms. The van der Waals surface area contributed by atoms with Gasteiger partial charge in [-0.1, -0.05) is 23.2 Å². The zero-order valence-corrected chi connectivity index (χ0v) is 14.4. The zero-order valence-electron chi connectivity index (χ0n) is 12.9. The molecule has 0 aliphatic rings. The SMILES string of the molecule is CCOC(=O)C=CCOc1ccc(Oc2ncc(Cl)cc2Cl)cc1. The normalized spacial score (nSPS) is 10.6. The molecular weight excluding hydrogens is 353 g/mol. The molecule has 0 atom stereocenters. The molecule has 24 heavy (non-hydrogen) atoms. The Morgan fingerprint density at radius 3 is 2.58 bits per heavy atom. The molecule has 0 N–H and O–H groups in total. The van der Waals surface area contributed by atoms with Crippen molar-refractivity contribution in [1.82, 2.24) is 4.98 Å². The summed E-state index contributed by atoms with van der Waals surface area (Å²) in [5.74, 6) is 1.07. The van der Waals surface area contributed by atoms with Crippen LogP contribution in [0.1, 0.15) is 6.92 Å². The lowest BCUT2D eigenvalue weighted by Crippen LogP contribution is -2.00. The monoisotopic (exact) mass is 367 g/mol. The third-order valence-corrected chi connectivity index (χ3v) is 3.18. The molecule has 2 rings (SSSR count). The van der Waals surface area contributed by atoms with Crippen molar-refractivity contribution in [2.45, 2.75) is 6.92 Å². The standard InChI is InChI=1S/C17H15Cl2NO4/c1-2-22-16(21)4-3-9-23-13-5-7-14(8-6-13)24-17-15(19)10-12(18)11-20-17/h3-8,10-11H,2,9H2,1H3. The summed E-state index contributed by atoms with van der Waals surface area (Å²) in [5.41, 5.74) is 0. The van der Waals surface area contributed by atoms with Gasteiger partial charge in [-0.25, -0.2) is 9.78 Å². The number of nitrogens with zero attached hydrogens (tertiary/aromatic N) is 1. The van der Waals surface area contributed by atoms with Gasteiger partial charge < -0.3 is 14.2 Å². The van der Waals surface area contributed by atoms with E-state index in [1.165, 1.54) is 12.3 Å². The molecule has 0 saturated carbocycles. The summed E-state index contributed by atoms with van der Waals surface area (Å²) in [5, 5.41) is 0.763. The van der Waals surface area contributed by atoms with E-state index in [1.54, 1.807) is 43.3 Å². The van der Waals surface area contributed by atoms with E-state index in [2.05, 4.69) is 4.98 Å². The summed E-state index contributed by atoms with van der Waals surface area (Å²) in [6.07, 6.45) is 4.37. The van der Waals surface area contributed by atoms with Crippen molar-refractivity contribution < 1.29 is 19.0 Å². The molecule has 126 valence electrons. The van der Waals surface area contributed by atoms with Crippen LogP contribution in [0.4, 0.5) is 0 Å². The van der Waals surface area contributed by atoms with Gasteiger partial charge in [-0.15, -0.1) is 0 Å². The molecule has 0 amide bonds. The number of pyridine rings is 1. The first-order valence-corrected chi connectivity index (χ1v) is 7.89.